The van der Waals surface area contributed by atoms with E-state index >= 15 is 0 Å². The van der Waals surface area contributed by atoms with E-state index in [0.717, 1.165) is 15.4 Å². The molecule has 0 aliphatic heterocycles. The molecule has 0 fully saturated rings. The first-order valence-electron chi connectivity index (χ1n) is 18.2. The van der Waals surface area contributed by atoms with Gasteiger partial charge in [-0.15, -0.1) is 0 Å². The number of rotatable bonds is 21. The molecule has 0 spiro atoms. The number of amides is 3. The van der Waals surface area contributed by atoms with E-state index in [1.807, 2.05) is 60.7 Å². The highest BCUT2D eigenvalue weighted by molar-refractivity contribution is 6.05. The third kappa shape index (κ3) is 11.3. The monoisotopic (exact) mass is 813 g/mol. The average molecular weight is 814 g/mol. The molecule has 1 unspecified atom stereocenters. The maximum absolute atomic E-state index is 14.2. The van der Waals surface area contributed by atoms with Crippen molar-refractivity contribution in [2.45, 2.75) is 5.92 Å². The van der Waals surface area contributed by atoms with Crippen LogP contribution in [0.4, 0.5) is 0 Å². The van der Waals surface area contributed by atoms with Crippen molar-refractivity contribution in [2.75, 3.05) is 58.9 Å². The van der Waals surface area contributed by atoms with Gasteiger partial charge in [-0.05, 0) is 17.7 Å². The third-order valence-corrected chi connectivity index (χ3v) is 9.37. The number of nitrogens with one attached hydrogen (secondary N) is 5. The largest absolute Gasteiger partial charge is 0.480 e. The first-order valence-corrected chi connectivity index (χ1v) is 18.2. The number of nitrogens with two attached hydrogens (primary N) is 1. The Bertz CT molecular complexity index is 2270. The fourth-order valence-electron chi connectivity index (χ4n) is 6.94. The molecular formula is C39H43N9O11. The molecule has 3 aromatic carbocycles. The van der Waals surface area contributed by atoms with Crippen LogP contribution < -0.4 is 22.1 Å². The number of hydrazine groups is 2. The molecule has 59 heavy (non-hydrogen) atoms. The van der Waals surface area contributed by atoms with Crippen LogP contribution in [0.2, 0.25) is 0 Å². The van der Waals surface area contributed by atoms with Crippen molar-refractivity contribution in [3.05, 3.63) is 107 Å². The summed E-state index contributed by atoms with van der Waals surface area (Å²) in [5.41, 5.74) is 10.2. The molecule has 5 rings (SSSR count). The highest BCUT2D eigenvalue weighted by Gasteiger charge is 2.33. The van der Waals surface area contributed by atoms with E-state index in [0.29, 0.717) is 32.9 Å². The number of carbonyl (C=O) groups is 7. The topological polar surface area (TPSA) is 304 Å². The van der Waals surface area contributed by atoms with Gasteiger partial charge in [0.05, 0.1) is 32.7 Å². The minimum atomic E-state index is -1.29. The number of H-pyrrole nitrogens is 2. The van der Waals surface area contributed by atoms with Crippen molar-refractivity contribution in [3.63, 3.8) is 0 Å². The number of hydrogen-bond acceptors (Lipinski definition) is 11. The van der Waals surface area contributed by atoms with Crippen LogP contribution in [0.1, 0.15) is 43.6 Å². The summed E-state index contributed by atoms with van der Waals surface area (Å²) in [5.74, 6) is -2.39. The molecule has 2 heterocycles. The number of carbonyl (C=O) groups excluding carboxylic acids is 3. The lowest BCUT2D eigenvalue weighted by molar-refractivity contribution is -0.143. The average Bonchev–Trinajstić information content (AvgIpc) is 3.77. The van der Waals surface area contributed by atoms with E-state index in [-0.39, 0.29) is 37.6 Å². The quantitative estimate of drug-likeness (QED) is 0.0273. The maximum Gasteiger partial charge on any atom is 0.317 e. The zero-order chi connectivity index (χ0) is 42.6. The summed E-state index contributed by atoms with van der Waals surface area (Å²) < 4.78 is 0. The van der Waals surface area contributed by atoms with Gasteiger partial charge in [-0.1, -0.05) is 66.7 Å². The van der Waals surface area contributed by atoms with E-state index in [9.17, 15) is 54.0 Å². The van der Waals surface area contributed by atoms with Gasteiger partial charge in [-0.3, -0.25) is 64.5 Å². The van der Waals surface area contributed by atoms with Crippen LogP contribution in [-0.4, -0.2) is 146 Å². The Balaban J connectivity index is 1.45. The molecule has 0 radical (unpaired) electrons. The second kappa shape index (κ2) is 19.8. The summed E-state index contributed by atoms with van der Waals surface area (Å²) in [6.45, 7) is -3.43. The lowest BCUT2D eigenvalue weighted by Crippen LogP contribution is -2.50. The molecule has 3 amide bonds. The molecule has 0 aliphatic rings. The third-order valence-electron chi connectivity index (χ3n) is 9.37. The number of benzene rings is 3. The van der Waals surface area contributed by atoms with Crippen LogP contribution >= 0.6 is 0 Å². The summed E-state index contributed by atoms with van der Waals surface area (Å²) in [6, 6.07) is 23.6. The van der Waals surface area contributed by atoms with E-state index < -0.39 is 80.2 Å². The highest BCUT2D eigenvalue weighted by Crippen LogP contribution is 2.43. The SMILES string of the molecule is NNC(=O)c1[nH]c2ccccc2c1C(c1ccccc1)c1c(C(=O)NNC(=O)CN(CCN(CC(=O)O)CC(=O)O)CCN(CC(=O)O)CC(=O)O)[nH]c2ccccc12. The van der Waals surface area contributed by atoms with Crippen LogP contribution in [0.15, 0.2) is 78.9 Å². The Hall–Kier alpha value is -7.13. The molecule has 0 aliphatic carbocycles. The van der Waals surface area contributed by atoms with Crippen molar-refractivity contribution < 1.29 is 54.0 Å². The first-order chi connectivity index (χ1) is 28.2. The van der Waals surface area contributed by atoms with E-state index in [2.05, 4.69) is 26.2 Å². The van der Waals surface area contributed by atoms with Gasteiger partial charge < -0.3 is 30.4 Å². The number of nitrogens with zero attached hydrogens (tertiary/aromatic N) is 3. The van der Waals surface area contributed by atoms with Crippen LogP contribution in [0.25, 0.3) is 21.8 Å². The summed E-state index contributed by atoms with van der Waals surface area (Å²) in [5, 5.41) is 38.5. The molecule has 20 nitrogen and oxygen atoms in total. The lowest BCUT2D eigenvalue weighted by atomic mass is 9.81. The van der Waals surface area contributed by atoms with Crippen molar-refractivity contribution in [2.24, 2.45) is 5.84 Å². The Kier molecular flexibility index (Phi) is 14.5. The number of aliphatic carboxylic acids is 4. The second-order valence-corrected chi connectivity index (χ2v) is 13.5. The fourth-order valence-corrected chi connectivity index (χ4v) is 6.94. The number of aromatic nitrogens is 2. The van der Waals surface area contributed by atoms with Gasteiger partial charge in [0.1, 0.15) is 11.4 Å². The zero-order valence-electron chi connectivity index (χ0n) is 31.5. The van der Waals surface area contributed by atoms with Crippen molar-refractivity contribution in [3.8, 4) is 0 Å². The molecule has 310 valence electrons. The number of hydrogen-bond donors (Lipinski definition) is 10. The van der Waals surface area contributed by atoms with Gasteiger partial charge in [0.25, 0.3) is 17.7 Å². The molecule has 0 saturated heterocycles. The molecule has 11 N–H and O–H groups in total. The Morgan fingerprint density at radius 3 is 1.37 bits per heavy atom. The molecule has 2 aromatic heterocycles. The molecular weight excluding hydrogens is 770 g/mol. The number of para-hydroxylation sites is 2. The van der Waals surface area contributed by atoms with Crippen molar-refractivity contribution in [1.82, 2.24) is 40.9 Å². The van der Waals surface area contributed by atoms with Gasteiger partial charge in [0.15, 0.2) is 0 Å². The normalized spacial score (nSPS) is 11.9. The van der Waals surface area contributed by atoms with Gasteiger partial charge in [0.2, 0.25) is 0 Å². The second-order valence-electron chi connectivity index (χ2n) is 13.5. The molecule has 0 saturated carbocycles. The van der Waals surface area contributed by atoms with Crippen LogP contribution in [-0.2, 0) is 24.0 Å². The Morgan fingerprint density at radius 2 is 0.932 bits per heavy atom. The van der Waals surface area contributed by atoms with Crippen molar-refractivity contribution >= 4 is 63.4 Å². The highest BCUT2D eigenvalue weighted by atomic mass is 16.4. The predicted molar refractivity (Wildman–Crippen MR) is 211 cm³/mol. The summed E-state index contributed by atoms with van der Waals surface area (Å²) >= 11 is 0. The smallest absolute Gasteiger partial charge is 0.317 e. The number of carboxylic acid groups (broad SMARTS) is 4. The van der Waals surface area contributed by atoms with Crippen LogP contribution in [0.5, 0.6) is 0 Å². The van der Waals surface area contributed by atoms with Crippen LogP contribution in [0.3, 0.4) is 0 Å². The zero-order valence-corrected chi connectivity index (χ0v) is 31.5. The fraction of sp³-hybridized carbons (Fsp3) is 0.256. The number of fused-ring (bicyclic) bond motifs is 2. The van der Waals surface area contributed by atoms with E-state index in [4.69, 9.17) is 5.84 Å². The van der Waals surface area contributed by atoms with Crippen LogP contribution in [0, 0.1) is 0 Å². The number of nitrogen functional groups attached to an aromatic ring is 1. The predicted octanol–water partition coefficient (Wildman–Crippen LogP) is 0.438. The number of carboxylic acids is 4. The summed E-state index contributed by atoms with van der Waals surface area (Å²) in [7, 11) is 0. The van der Waals surface area contributed by atoms with Gasteiger partial charge in [-0.25, -0.2) is 5.84 Å². The molecule has 5 aromatic rings. The molecule has 1 atom stereocenters. The lowest BCUT2D eigenvalue weighted by Gasteiger charge is -2.28. The Labute approximate surface area is 335 Å². The van der Waals surface area contributed by atoms with E-state index in [1.165, 1.54) is 4.90 Å². The summed E-state index contributed by atoms with van der Waals surface area (Å²) in [4.78, 5) is 96.5. The first kappa shape index (κ1) is 43.0. The van der Waals surface area contributed by atoms with E-state index in [1.54, 1.807) is 18.2 Å². The number of aromatic amines is 2. The Morgan fingerprint density at radius 1 is 0.525 bits per heavy atom. The van der Waals surface area contributed by atoms with Gasteiger partial charge >= 0.3 is 23.9 Å². The van der Waals surface area contributed by atoms with Gasteiger partial charge in [0, 0.05) is 65.0 Å². The maximum atomic E-state index is 14.2. The van der Waals surface area contributed by atoms with Gasteiger partial charge in [-0.2, -0.15) is 0 Å². The molecule has 20 heteroatoms. The molecule has 0 bridgehead atoms. The standard InChI is InChI=1S/C39H43N9O11/c40-43-38(58)36-34(24-10-4-6-12-26(24)41-36)33(23-8-2-1-3-9-23)35-25-11-5-7-13-27(25)42-37(35)39(59)45-44-28(49)18-46(14-16-47(19-29(50)51)20-30(52)53)15-17-48(21-31(54)55)22-32(56)57/h1-13,33,41-42H,14-22,40H2,(H,43,58)(H,44,49)(H,45,59)(H,50,51)(H,52,53)(H,54,55)(H,56,57). The van der Waals surface area contributed by atoms with Crippen molar-refractivity contribution in [1.29, 1.82) is 0 Å². The minimum absolute atomic E-state index is 0.0533. The minimum Gasteiger partial charge on any atom is -0.480 e. The summed E-state index contributed by atoms with van der Waals surface area (Å²) in [6.07, 6.45) is 0.